The van der Waals surface area contributed by atoms with Crippen LogP contribution in [0, 0.1) is 19.7 Å². The molecule has 0 saturated carbocycles. The molecule has 2 rings (SSSR count). The van der Waals surface area contributed by atoms with E-state index in [1.807, 2.05) is 27.8 Å². The molecule has 0 radical (unpaired) electrons. The second-order valence-electron chi connectivity index (χ2n) is 5.41. The Morgan fingerprint density at radius 1 is 1.43 bits per heavy atom. The van der Waals surface area contributed by atoms with Gasteiger partial charge in [0.2, 0.25) is 0 Å². The van der Waals surface area contributed by atoms with Gasteiger partial charge < -0.3 is 5.11 Å². The number of aryl methyl sites for hydroxylation is 2. The highest BCUT2D eigenvalue weighted by Crippen LogP contribution is 2.32. The molecule has 2 aromatic rings. The number of halogens is 1. The highest BCUT2D eigenvalue weighted by atomic mass is 19.1. The maximum atomic E-state index is 14.2. The Balaban J connectivity index is 2.51. The standard InChI is InChI=1S/C16H19FN2O2/c1-9(7-15(20)21)12-5-6-14(17)13(8-12)16-10(2)18-19(4)11(16)3/h5-6,8-9H,7H2,1-4H3,(H,20,21). The number of aromatic nitrogens is 2. The van der Waals surface area contributed by atoms with Crippen molar-refractivity contribution in [2.24, 2.45) is 7.05 Å². The number of carboxylic acids is 1. The van der Waals surface area contributed by atoms with Gasteiger partial charge in [-0.25, -0.2) is 4.39 Å². The van der Waals surface area contributed by atoms with Crippen LogP contribution in [-0.4, -0.2) is 20.9 Å². The van der Waals surface area contributed by atoms with Crippen LogP contribution in [-0.2, 0) is 11.8 Å². The first-order valence-electron chi connectivity index (χ1n) is 6.83. The molecule has 0 amide bonds. The van der Waals surface area contributed by atoms with E-state index in [1.165, 1.54) is 6.07 Å². The second kappa shape index (κ2) is 5.68. The zero-order chi connectivity index (χ0) is 15.7. The molecule has 0 fully saturated rings. The second-order valence-corrected chi connectivity index (χ2v) is 5.41. The molecule has 1 atom stereocenters. The van der Waals surface area contributed by atoms with Crippen LogP contribution in [0.15, 0.2) is 18.2 Å². The van der Waals surface area contributed by atoms with Crippen LogP contribution < -0.4 is 0 Å². The number of carboxylic acid groups (broad SMARTS) is 1. The molecule has 1 heterocycles. The molecule has 1 unspecified atom stereocenters. The van der Waals surface area contributed by atoms with Crippen LogP contribution in [0.1, 0.15) is 36.2 Å². The average molecular weight is 290 g/mol. The van der Waals surface area contributed by atoms with E-state index in [0.717, 1.165) is 22.5 Å². The topological polar surface area (TPSA) is 55.1 Å². The molecule has 0 aliphatic heterocycles. The summed E-state index contributed by atoms with van der Waals surface area (Å²) in [4.78, 5) is 10.8. The van der Waals surface area contributed by atoms with Crippen molar-refractivity contribution in [2.45, 2.75) is 33.1 Å². The predicted octanol–water partition coefficient (Wildman–Crippen LogP) is 3.42. The predicted molar refractivity (Wildman–Crippen MR) is 78.7 cm³/mol. The van der Waals surface area contributed by atoms with Crippen LogP contribution in [0.3, 0.4) is 0 Å². The molecule has 0 saturated heterocycles. The van der Waals surface area contributed by atoms with Crippen LogP contribution >= 0.6 is 0 Å². The lowest BCUT2D eigenvalue weighted by molar-refractivity contribution is -0.137. The van der Waals surface area contributed by atoms with Gasteiger partial charge in [0.15, 0.2) is 0 Å². The zero-order valence-corrected chi connectivity index (χ0v) is 12.6. The van der Waals surface area contributed by atoms with Crippen molar-refractivity contribution in [1.29, 1.82) is 0 Å². The minimum Gasteiger partial charge on any atom is -0.481 e. The summed E-state index contributed by atoms with van der Waals surface area (Å²) in [5, 5.41) is 13.2. The van der Waals surface area contributed by atoms with E-state index in [9.17, 15) is 9.18 Å². The van der Waals surface area contributed by atoms with Crippen LogP contribution in [0.2, 0.25) is 0 Å². The molecule has 1 aromatic carbocycles. The van der Waals surface area contributed by atoms with Gasteiger partial charge >= 0.3 is 5.97 Å². The molecule has 5 heteroatoms. The number of hydrogen-bond donors (Lipinski definition) is 1. The minimum absolute atomic E-state index is 0.0239. The Hall–Kier alpha value is -2.17. The summed E-state index contributed by atoms with van der Waals surface area (Å²) in [5.74, 6) is -1.35. The fraction of sp³-hybridized carbons (Fsp3) is 0.375. The molecule has 0 aliphatic rings. The lowest BCUT2D eigenvalue weighted by Gasteiger charge is -2.12. The number of rotatable bonds is 4. The summed E-state index contributed by atoms with van der Waals surface area (Å²) in [7, 11) is 1.82. The largest absolute Gasteiger partial charge is 0.481 e. The van der Waals surface area contributed by atoms with Crippen molar-refractivity contribution in [2.75, 3.05) is 0 Å². The van der Waals surface area contributed by atoms with Crippen molar-refractivity contribution in [3.05, 3.63) is 41.0 Å². The molecular weight excluding hydrogens is 271 g/mol. The first-order chi connectivity index (χ1) is 9.81. The number of benzene rings is 1. The van der Waals surface area contributed by atoms with Crippen LogP contribution in [0.5, 0.6) is 0 Å². The van der Waals surface area contributed by atoms with Gasteiger partial charge in [-0.1, -0.05) is 13.0 Å². The zero-order valence-electron chi connectivity index (χ0n) is 12.6. The van der Waals surface area contributed by atoms with Crippen molar-refractivity contribution in [1.82, 2.24) is 9.78 Å². The summed E-state index contributed by atoms with van der Waals surface area (Å²) < 4.78 is 15.9. The third kappa shape index (κ3) is 2.96. The fourth-order valence-corrected chi connectivity index (χ4v) is 2.58. The lowest BCUT2D eigenvalue weighted by Crippen LogP contribution is -2.03. The monoisotopic (exact) mass is 290 g/mol. The normalized spacial score (nSPS) is 12.4. The first kappa shape index (κ1) is 15.2. The number of carbonyl (C=O) groups is 1. The maximum absolute atomic E-state index is 14.2. The summed E-state index contributed by atoms with van der Waals surface area (Å²) >= 11 is 0. The van der Waals surface area contributed by atoms with Crippen LogP contribution in [0.4, 0.5) is 4.39 Å². The number of nitrogens with zero attached hydrogens (tertiary/aromatic N) is 2. The van der Waals surface area contributed by atoms with Gasteiger partial charge in [0, 0.05) is 23.9 Å². The quantitative estimate of drug-likeness (QED) is 0.938. The average Bonchev–Trinajstić information content (AvgIpc) is 2.63. The summed E-state index contributed by atoms with van der Waals surface area (Å²) in [6, 6.07) is 4.78. The van der Waals surface area contributed by atoms with Gasteiger partial charge in [0.25, 0.3) is 0 Å². The van der Waals surface area contributed by atoms with E-state index >= 15 is 0 Å². The Morgan fingerprint density at radius 3 is 2.62 bits per heavy atom. The Kier molecular flexibility index (Phi) is 4.11. The molecule has 0 aliphatic carbocycles. The smallest absolute Gasteiger partial charge is 0.303 e. The van der Waals surface area contributed by atoms with E-state index in [0.29, 0.717) is 5.56 Å². The number of aliphatic carboxylic acids is 1. The van der Waals surface area contributed by atoms with Gasteiger partial charge in [-0.3, -0.25) is 9.48 Å². The molecule has 0 spiro atoms. The van der Waals surface area contributed by atoms with E-state index in [-0.39, 0.29) is 18.2 Å². The highest BCUT2D eigenvalue weighted by molar-refractivity contribution is 5.71. The lowest BCUT2D eigenvalue weighted by atomic mass is 9.93. The Bertz CT molecular complexity index is 692. The molecule has 0 bridgehead atoms. The molecule has 1 aromatic heterocycles. The number of hydrogen-bond acceptors (Lipinski definition) is 2. The van der Waals surface area contributed by atoms with Gasteiger partial charge in [0.05, 0.1) is 12.1 Å². The fourth-order valence-electron chi connectivity index (χ4n) is 2.58. The summed E-state index contributed by atoms with van der Waals surface area (Å²) in [6.45, 7) is 5.56. The summed E-state index contributed by atoms with van der Waals surface area (Å²) in [6.07, 6.45) is 0.0239. The summed E-state index contributed by atoms with van der Waals surface area (Å²) in [5.41, 5.74) is 3.72. The van der Waals surface area contributed by atoms with Crippen LogP contribution in [0.25, 0.3) is 11.1 Å². The third-order valence-corrected chi connectivity index (χ3v) is 3.82. The van der Waals surface area contributed by atoms with Crippen molar-refractivity contribution in [3.63, 3.8) is 0 Å². The molecular formula is C16H19FN2O2. The minimum atomic E-state index is -0.859. The molecule has 21 heavy (non-hydrogen) atoms. The SMILES string of the molecule is Cc1nn(C)c(C)c1-c1cc(C(C)CC(=O)O)ccc1F. The van der Waals surface area contributed by atoms with E-state index in [2.05, 4.69) is 5.10 Å². The Labute approximate surface area is 123 Å². The Morgan fingerprint density at radius 2 is 2.10 bits per heavy atom. The van der Waals surface area contributed by atoms with E-state index in [4.69, 9.17) is 5.11 Å². The van der Waals surface area contributed by atoms with Gasteiger partial charge in [-0.15, -0.1) is 0 Å². The third-order valence-electron chi connectivity index (χ3n) is 3.82. The molecule has 1 N–H and O–H groups in total. The van der Waals surface area contributed by atoms with Crippen molar-refractivity contribution >= 4 is 5.97 Å². The van der Waals surface area contributed by atoms with Gasteiger partial charge in [-0.2, -0.15) is 5.10 Å². The first-order valence-corrected chi connectivity index (χ1v) is 6.83. The van der Waals surface area contributed by atoms with Crippen molar-refractivity contribution < 1.29 is 14.3 Å². The highest BCUT2D eigenvalue weighted by Gasteiger charge is 2.18. The van der Waals surface area contributed by atoms with Gasteiger partial charge in [-0.05, 0) is 37.5 Å². The van der Waals surface area contributed by atoms with E-state index in [1.54, 1.807) is 16.8 Å². The molecule has 4 nitrogen and oxygen atoms in total. The van der Waals surface area contributed by atoms with E-state index < -0.39 is 5.97 Å². The maximum Gasteiger partial charge on any atom is 0.303 e. The van der Waals surface area contributed by atoms with Crippen molar-refractivity contribution in [3.8, 4) is 11.1 Å². The molecule has 112 valence electrons. The van der Waals surface area contributed by atoms with Gasteiger partial charge in [0.1, 0.15) is 5.82 Å².